The number of rotatable bonds is 4. The topological polar surface area (TPSA) is 72.5 Å². The minimum Gasteiger partial charge on any atom is -0.449 e. The van der Waals surface area contributed by atoms with Crippen molar-refractivity contribution in [2.45, 2.75) is 17.1 Å². The van der Waals surface area contributed by atoms with E-state index >= 15 is 0 Å². The zero-order chi connectivity index (χ0) is 12.9. The summed E-state index contributed by atoms with van der Waals surface area (Å²) in [7, 11) is -3.86. The largest absolute Gasteiger partial charge is 0.449 e. The molecule has 5 nitrogen and oxygen atoms in total. The fraction of sp³-hybridized carbons (Fsp3) is 0.300. The first-order chi connectivity index (χ1) is 7.99. The second-order valence-electron chi connectivity index (χ2n) is 3.11. The molecule has 0 heterocycles. The molecule has 0 saturated carbocycles. The van der Waals surface area contributed by atoms with Crippen molar-refractivity contribution in [1.29, 1.82) is 0 Å². The van der Waals surface area contributed by atoms with Gasteiger partial charge in [-0.2, -0.15) is 0 Å². The van der Waals surface area contributed by atoms with Gasteiger partial charge in [0.1, 0.15) is 0 Å². The van der Waals surface area contributed by atoms with Gasteiger partial charge in [0.2, 0.25) is 0 Å². The third kappa shape index (κ3) is 4.01. The van der Waals surface area contributed by atoms with E-state index in [-0.39, 0.29) is 11.5 Å². The molecule has 1 rings (SSSR count). The third-order valence-corrected chi connectivity index (χ3v) is 3.81. The number of hydrogen-bond acceptors (Lipinski definition) is 4. The summed E-state index contributed by atoms with van der Waals surface area (Å²) in [6.07, 6.45) is -0.975. The van der Waals surface area contributed by atoms with Gasteiger partial charge in [-0.3, -0.25) is 0 Å². The number of carbonyl (C=O) groups excluding carboxylic acids is 1. The number of sulfonamides is 1. The number of carbonyl (C=O) groups is 1. The average Bonchev–Trinajstić information content (AvgIpc) is 2.28. The van der Waals surface area contributed by atoms with E-state index in [1.165, 1.54) is 12.1 Å². The molecule has 94 valence electrons. The maximum atomic E-state index is 11.8. The lowest BCUT2D eigenvalue weighted by Crippen LogP contribution is -2.31. The van der Waals surface area contributed by atoms with Gasteiger partial charge in [-0.25, -0.2) is 17.9 Å². The zero-order valence-electron chi connectivity index (χ0n) is 9.14. The highest BCUT2D eigenvalue weighted by Gasteiger charge is 2.18. The number of alkyl halides is 1. The Balaban J connectivity index is 2.93. The van der Waals surface area contributed by atoms with Crippen LogP contribution in [-0.4, -0.2) is 21.1 Å². The molecule has 0 aliphatic heterocycles. The third-order valence-electron chi connectivity index (χ3n) is 1.86. The summed E-state index contributed by atoms with van der Waals surface area (Å²) in [5, 5.41) is 0.537. The van der Waals surface area contributed by atoms with Gasteiger partial charge in [0.25, 0.3) is 10.0 Å². The summed E-state index contributed by atoms with van der Waals surface area (Å²) in [5.74, 6) is 0. The quantitative estimate of drug-likeness (QED) is 0.861. The van der Waals surface area contributed by atoms with Crippen LogP contribution < -0.4 is 4.72 Å². The van der Waals surface area contributed by atoms with Gasteiger partial charge in [0.05, 0.1) is 11.5 Å². The Morgan fingerprint density at radius 3 is 2.76 bits per heavy atom. The van der Waals surface area contributed by atoms with Crippen molar-refractivity contribution < 1.29 is 17.9 Å². The molecule has 0 aromatic heterocycles. The van der Waals surface area contributed by atoms with Crippen molar-refractivity contribution in [2.75, 3.05) is 6.61 Å². The van der Waals surface area contributed by atoms with Gasteiger partial charge in [0, 0.05) is 5.33 Å². The first-order valence-electron chi connectivity index (χ1n) is 4.84. The second-order valence-corrected chi connectivity index (χ2v) is 5.35. The van der Waals surface area contributed by atoms with Gasteiger partial charge in [-0.1, -0.05) is 28.1 Å². The Morgan fingerprint density at radius 2 is 2.18 bits per heavy atom. The SMILES string of the molecule is CCOC(=O)NS(=O)(=O)c1cccc(CBr)c1. The number of halogens is 1. The van der Waals surface area contributed by atoms with E-state index in [4.69, 9.17) is 0 Å². The van der Waals surface area contributed by atoms with E-state index in [1.807, 2.05) is 4.72 Å². The van der Waals surface area contributed by atoms with Gasteiger partial charge < -0.3 is 4.74 Å². The zero-order valence-corrected chi connectivity index (χ0v) is 11.5. The van der Waals surface area contributed by atoms with E-state index in [0.29, 0.717) is 5.33 Å². The minimum absolute atomic E-state index is 0.0301. The smallest absolute Gasteiger partial charge is 0.421 e. The van der Waals surface area contributed by atoms with E-state index in [9.17, 15) is 13.2 Å². The Kier molecular flexibility index (Phi) is 4.95. The molecule has 0 radical (unpaired) electrons. The van der Waals surface area contributed by atoms with Crippen molar-refractivity contribution in [1.82, 2.24) is 4.72 Å². The first kappa shape index (κ1) is 14.0. The van der Waals surface area contributed by atoms with E-state index in [2.05, 4.69) is 20.7 Å². The molecule has 1 amide bonds. The van der Waals surface area contributed by atoms with Gasteiger partial charge in [0.15, 0.2) is 0 Å². The summed E-state index contributed by atoms with van der Waals surface area (Å²) >= 11 is 3.23. The molecule has 0 atom stereocenters. The van der Waals surface area contributed by atoms with Crippen molar-refractivity contribution in [3.05, 3.63) is 29.8 Å². The maximum absolute atomic E-state index is 11.8. The molecule has 1 aromatic rings. The summed E-state index contributed by atoms with van der Waals surface area (Å²) in [5.41, 5.74) is 0.803. The number of benzene rings is 1. The molecule has 0 spiro atoms. The van der Waals surface area contributed by atoms with Crippen LogP contribution >= 0.6 is 15.9 Å². The van der Waals surface area contributed by atoms with Gasteiger partial charge in [-0.15, -0.1) is 0 Å². The van der Waals surface area contributed by atoms with Gasteiger partial charge >= 0.3 is 6.09 Å². The van der Waals surface area contributed by atoms with E-state index in [0.717, 1.165) is 5.56 Å². The molecular formula is C10H12BrNO4S. The number of hydrogen-bond donors (Lipinski definition) is 1. The summed E-state index contributed by atoms with van der Waals surface area (Å²) < 4.78 is 29.9. The maximum Gasteiger partial charge on any atom is 0.421 e. The highest BCUT2D eigenvalue weighted by Crippen LogP contribution is 2.13. The second kappa shape index (κ2) is 6.02. The van der Waals surface area contributed by atoms with Crippen LogP contribution in [0.4, 0.5) is 4.79 Å². The standard InChI is InChI=1S/C10H12BrNO4S/c1-2-16-10(13)12-17(14,15)9-5-3-4-8(6-9)7-11/h3-6H,2,7H2,1H3,(H,12,13). The molecule has 0 saturated heterocycles. The summed E-state index contributed by atoms with van der Waals surface area (Å²) in [4.78, 5) is 11.1. The van der Waals surface area contributed by atoms with Crippen molar-refractivity contribution in [2.24, 2.45) is 0 Å². The molecule has 0 aliphatic rings. The van der Waals surface area contributed by atoms with Crippen molar-refractivity contribution >= 4 is 32.0 Å². The van der Waals surface area contributed by atoms with Crippen LogP contribution in [0.15, 0.2) is 29.2 Å². The van der Waals surface area contributed by atoms with E-state index in [1.54, 1.807) is 19.1 Å². The molecule has 0 unspecified atom stereocenters. The Labute approximate surface area is 108 Å². The minimum atomic E-state index is -3.86. The number of amides is 1. The molecule has 17 heavy (non-hydrogen) atoms. The molecule has 1 N–H and O–H groups in total. The molecule has 0 bridgehead atoms. The number of ether oxygens (including phenoxy) is 1. The normalized spacial score (nSPS) is 10.9. The lowest BCUT2D eigenvalue weighted by atomic mass is 10.2. The highest BCUT2D eigenvalue weighted by molar-refractivity contribution is 9.08. The van der Waals surface area contributed by atoms with Crippen LogP contribution in [0.3, 0.4) is 0 Å². The van der Waals surface area contributed by atoms with Crippen LogP contribution in [0.1, 0.15) is 12.5 Å². The predicted molar refractivity (Wildman–Crippen MR) is 66.4 cm³/mol. The number of nitrogens with one attached hydrogen (secondary N) is 1. The fourth-order valence-electron chi connectivity index (χ4n) is 1.12. The van der Waals surface area contributed by atoms with Crippen LogP contribution in [0, 0.1) is 0 Å². The Hall–Kier alpha value is -1.08. The van der Waals surface area contributed by atoms with E-state index < -0.39 is 16.1 Å². The van der Waals surface area contributed by atoms with Crippen LogP contribution in [-0.2, 0) is 20.1 Å². The monoisotopic (exact) mass is 321 g/mol. The van der Waals surface area contributed by atoms with Crippen LogP contribution in [0.5, 0.6) is 0 Å². The molecule has 0 fully saturated rings. The summed E-state index contributed by atoms with van der Waals surface area (Å²) in [6, 6.07) is 6.28. The molecule has 0 aliphatic carbocycles. The highest BCUT2D eigenvalue weighted by atomic mass is 79.9. The molecule has 7 heteroatoms. The van der Waals surface area contributed by atoms with Gasteiger partial charge in [-0.05, 0) is 24.6 Å². The first-order valence-corrected chi connectivity index (χ1v) is 7.44. The molecule has 1 aromatic carbocycles. The van der Waals surface area contributed by atoms with Crippen LogP contribution in [0.25, 0.3) is 0 Å². The lowest BCUT2D eigenvalue weighted by Gasteiger charge is -2.07. The predicted octanol–water partition coefficient (Wildman–Crippen LogP) is 2.02. The fourth-order valence-corrected chi connectivity index (χ4v) is 2.43. The average molecular weight is 322 g/mol. The Bertz CT molecular complexity index is 501. The summed E-state index contributed by atoms with van der Waals surface area (Å²) in [6.45, 7) is 1.71. The lowest BCUT2D eigenvalue weighted by molar-refractivity contribution is 0.158. The Morgan fingerprint density at radius 1 is 1.47 bits per heavy atom. The van der Waals surface area contributed by atoms with Crippen LogP contribution in [0.2, 0.25) is 0 Å². The van der Waals surface area contributed by atoms with Crippen molar-refractivity contribution in [3.8, 4) is 0 Å². The van der Waals surface area contributed by atoms with Crippen molar-refractivity contribution in [3.63, 3.8) is 0 Å². The molecular weight excluding hydrogens is 310 g/mol.